The van der Waals surface area contributed by atoms with Crippen LogP contribution in [0.5, 0.6) is 11.5 Å². The third-order valence-corrected chi connectivity index (χ3v) is 6.39. The summed E-state index contributed by atoms with van der Waals surface area (Å²) >= 11 is 5.85. The highest BCUT2D eigenvalue weighted by atomic mass is 35.5. The molecule has 0 atom stereocenters. The summed E-state index contributed by atoms with van der Waals surface area (Å²) in [4.78, 5) is 40.8. The highest BCUT2D eigenvalue weighted by molar-refractivity contribution is 6.32. The molecule has 2 aromatic heterocycles. The number of nitrogens with zero attached hydrogens (tertiary/aromatic N) is 8. The summed E-state index contributed by atoms with van der Waals surface area (Å²) in [5.41, 5.74) is 1.79. The van der Waals surface area contributed by atoms with Gasteiger partial charge in [0, 0.05) is 16.1 Å². The van der Waals surface area contributed by atoms with Crippen LogP contribution in [-0.4, -0.2) is 45.7 Å². The van der Waals surface area contributed by atoms with E-state index in [1.807, 2.05) is 6.07 Å². The Kier molecular flexibility index (Phi) is 6.54. The summed E-state index contributed by atoms with van der Waals surface area (Å²) in [5.74, 6) is 0.0404. The highest BCUT2D eigenvalue weighted by Crippen LogP contribution is 2.45. The molecule has 41 heavy (non-hydrogen) atoms. The second-order valence-electron chi connectivity index (χ2n) is 8.25. The first-order valence-electron chi connectivity index (χ1n) is 11.4. The number of halogens is 1. The maximum atomic E-state index is 12.6. The molecule has 4 aromatic rings. The van der Waals surface area contributed by atoms with E-state index in [2.05, 4.69) is 19.9 Å². The van der Waals surface area contributed by atoms with Gasteiger partial charge >= 0.3 is 0 Å². The molecule has 0 spiro atoms. The first-order valence-corrected chi connectivity index (χ1v) is 11.8. The third-order valence-electron chi connectivity index (χ3n) is 6.16. The van der Waals surface area contributed by atoms with E-state index in [4.69, 9.17) is 42.1 Å². The van der Waals surface area contributed by atoms with E-state index in [-0.39, 0.29) is 51.2 Å². The average molecular weight is 559 g/mol. The van der Waals surface area contributed by atoms with Crippen LogP contribution in [0.2, 0.25) is 5.02 Å². The van der Waals surface area contributed by atoms with Crippen LogP contribution >= 0.6 is 11.6 Å². The molecule has 0 aliphatic heterocycles. The number of hydrogen-bond donors (Lipinski definition) is 0. The molecule has 6 rings (SSSR count). The molecule has 0 radical (unpaired) electrons. The van der Waals surface area contributed by atoms with Gasteiger partial charge in [-0.3, -0.25) is 9.59 Å². The molecule has 0 N–H and O–H groups in total. The molecular weight excluding hydrogens is 548 g/mol. The Morgan fingerprint density at radius 3 is 1.59 bits per heavy atom. The van der Waals surface area contributed by atoms with Gasteiger partial charge in [-0.1, -0.05) is 17.7 Å². The molecule has 13 heteroatoms. The quantitative estimate of drug-likeness (QED) is 0.300. The molecule has 0 amide bonds. The SMILES string of the molecule is COc1ccc(OC)c2c1C(=O)c1nc(C#N)c(C#N)nc1-2.N#Cc1nc2c(nc1C#N)-c1ccc(Cl)cc1C2=O. The number of carbonyl (C=O) groups excluding carboxylic acids is 2. The summed E-state index contributed by atoms with van der Waals surface area (Å²) in [6.45, 7) is 0. The standard InChI is InChI=1S/C15H8N4O3.C13H3ClN4O/c1-21-9-3-4-10(22-2)12-11(9)13-14(15(12)20)19-8(6-17)7(5-16)18-13;14-6-1-2-7-8(3-6)13(19)12-11(7)17-9(4-15)10(5-16)18-12/h3-4H,1-2H3;1-3H. The number of benzene rings is 2. The van der Waals surface area contributed by atoms with Crippen molar-refractivity contribution in [3.8, 4) is 58.3 Å². The molecule has 2 aliphatic carbocycles. The Balaban J connectivity index is 0.000000166. The summed E-state index contributed by atoms with van der Waals surface area (Å²) in [7, 11) is 2.91. The van der Waals surface area contributed by atoms with Crippen LogP contribution in [0.15, 0.2) is 30.3 Å². The zero-order valence-electron chi connectivity index (χ0n) is 21.0. The van der Waals surface area contributed by atoms with Crippen molar-refractivity contribution in [2.75, 3.05) is 14.2 Å². The van der Waals surface area contributed by atoms with Crippen molar-refractivity contribution in [1.29, 1.82) is 21.0 Å². The molecule has 0 saturated carbocycles. The number of ketones is 2. The Bertz CT molecular complexity index is 2030. The molecular formula is C28H11ClN8O4. The van der Waals surface area contributed by atoms with Crippen molar-refractivity contribution in [2.24, 2.45) is 0 Å². The van der Waals surface area contributed by atoms with E-state index in [0.29, 0.717) is 38.9 Å². The first-order chi connectivity index (χ1) is 19.8. The molecule has 2 heterocycles. The van der Waals surface area contributed by atoms with Crippen LogP contribution in [0.3, 0.4) is 0 Å². The van der Waals surface area contributed by atoms with Crippen LogP contribution < -0.4 is 9.47 Å². The Morgan fingerprint density at radius 2 is 1.07 bits per heavy atom. The van der Waals surface area contributed by atoms with E-state index in [1.165, 1.54) is 20.3 Å². The topological polar surface area (TPSA) is 199 Å². The number of carbonyl (C=O) groups is 2. The van der Waals surface area contributed by atoms with Gasteiger partial charge in [0.1, 0.15) is 58.6 Å². The summed E-state index contributed by atoms with van der Waals surface area (Å²) in [6, 6.07) is 15.2. The lowest BCUT2D eigenvalue weighted by Gasteiger charge is -2.10. The van der Waals surface area contributed by atoms with Crippen LogP contribution in [-0.2, 0) is 0 Å². The third kappa shape index (κ3) is 4.05. The largest absolute Gasteiger partial charge is 0.496 e. The van der Waals surface area contributed by atoms with Crippen LogP contribution in [0.1, 0.15) is 54.9 Å². The average Bonchev–Trinajstić information content (AvgIpc) is 3.45. The molecule has 0 saturated heterocycles. The van der Waals surface area contributed by atoms with Crippen LogP contribution in [0.4, 0.5) is 0 Å². The lowest BCUT2D eigenvalue weighted by atomic mass is 10.1. The zero-order chi connectivity index (χ0) is 29.4. The Morgan fingerprint density at radius 1 is 0.610 bits per heavy atom. The first kappa shape index (κ1) is 26.4. The van der Waals surface area contributed by atoms with Gasteiger partial charge in [0.2, 0.25) is 11.6 Å². The van der Waals surface area contributed by atoms with Gasteiger partial charge in [-0.15, -0.1) is 0 Å². The molecule has 0 bridgehead atoms. The van der Waals surface area contributed by atoms with Crippen LogP contribution in [0, 0.1) is 45.3 Å². The van der Waals surface area contributed by atoms with E-state index >= 15 is 0 Å². The van der Waals surface area contributed by atoms with Gasteiger partial charge < -0.3 is 9.47 Å². The fraction of sp³-hybridized carbons (Fsp3) is 0.0714. The molecule has 0 unspecified atom stereocenters. The molecule has 194 valence electrons. The van der Waals surface area contributed by atoms with E-state index in [1.54, 1.807) is 42.5 Å². The smallest absolute Gasteiger partial charge is 0.218 e. The summed E-state index contributed by atoms with van der Waals surface area (Å²) in [5, 5.41) is 36.4. The number of hydrogen-bond acceptors (Lipinski definition) is 12. The number of methoxy groups -OCH3 is 2. The minimum atomic E-state index is -0.408. The maximum Gasteiger partial charge on any atom is 0.218 e. The van der Waals surface area contributed by atoms with Gasteiger partial charge in [0.25, 0.3) is 0 Å². The minimum Gasteiger partial charge on any atom is -0.496 e. The van der Waals surface area contributed by atoms with Crippen molar-refractivity contribution in [3.63, 3.8) is 0 Å². The number of ether oxygens (including phenoxy) is 2. The highest BCUT2D eigenvalue weighted by Gasteiger charge is 2.37. The minimum absolute atomic E-state index is 0.0216. The van der Waals surface area contributed by atoms with Crippen molar-refractivity contribution in [2.45, 2.75) is 0 Å². The van der Waals surface area contributed by atoms with Gasteiger partial charge in [0.05, 0.1) is 25.3 Å². The predicted octanol–water partition coefficient (Wildman–Crippen LogP) is 3.53. The van der Waals surface area contributed by atoms with Crippen molar-refractivity contribution >= 4 is 23.2 Å². The Hall–Kier alpha value is -6.21. The number of nitriles is 4. The van der Waals surface area contributed by atoms with Crippen LogP contribution in [0.25, 0.3) is 22.5 Å². The zero-order valence-corrected chi connectivity index (χ0v) is 21.7. The molecule has 0 fully saturated rings. The summed E-state index contributed by atoms with van der Waals surface area (Å²) in [6.07, 6.45) is 0. The Labute approximate surface area is 236 Å². The van der Waals surface area contributed by atoms with E-state index in [0.717, 1.165) is 0 Å². The fourth-order valence-electron chi connectivity index (χ4n) is 4.38. The molecule has 12 nitrogen and oxygen atoms in total. The number of rotatable bonds is 2. The second kappa shape index (κ2) is 10.2. The number of fused-ring (bicyclic) bond motifs is 6. The van der Waals surface area contributed by atoms with Gasteiger partial charge in [-0.25, -0.2) is 19.9 Å². The van der Waals surface area contributed by atoms with Crippen molar-refractivity contribution < 1.29 is 19.1 Å². The monoisotopic (exact) mass is 558 g/mol. The molecule has 2 aromatic carbocycles. The second-order valence-corrected chi connectivity index (χ2v) is 8.69. The van der Waals surface area contributed by atoms with Crippen molar-refractivity contribution in [1.82, 2.24) is 19.9 Å². The lowest BCUT2D eigenvalue weighted by Crippen LogP contribution is -2.04. The van der Waals surface area contributed by atoms with Gasteiger partial charge in [0.15, 0.2) is 22.8 Å². The predicted molar refractivity (Wildman–Crippen MR) is 139 cm³/mol. The molecule has 2 aliphatic rings. The maximum absolute atomic E-state index is 12.6. The number of aromatic nitrogens is 4. The fourth-order valence-corrected chi connectivity index (χ4v) is 4.56. The van der Waals surface area contributed by atoms with E-state index < -0.39 is 5.78 Å². The van der Waals surface area contributed by atoms with Gasteiger partial charge in [-0.2, -0.15) is 21.0 Å². The lowest BCUT2D eigenvalue weighted by molar-refractivity contribution is 0.102. The summed E-state index contributed by atoms with van der Waals surface area (Å²) < 4.78 is 10.5. The van der Waals surface area contributed by atoms with Gasteiger partial charge in [-0.05, 0) is 24.3 Å². The van der Waals surface area contributed by atoms with Crippen molar-refractivity contribution in [3.05, 3.63) is 80.6 Å². The van der Waals surface area contributed by atoms with E-state index in [9.17, 15) is 9.59 Å². The normalized spacial score (nSPS) is 11.3.